The number of benzene rings is 2. The molecule has 0 spiro atoms. The Labute approximate surface area is 122 Å². The van der Waals surface area contributed by atoms with Crippen LogP contribution in [0.4, 0.5) is 0 Å². The maximum Gasteiger partial charge on any atom is 0.360 e. The van der Waals surface area contributed by atoms with Gasteiger partial charge >= 0.3 is 11.8 Å². The summed E-state index contributed by atoms with van der Waals surface area (Å²) >= 11 is 0. The molecule has 0 fully saturated rings. The molecule has 1 aliphatic rings. The van der Waals surface area contributed by atoms with Gasteiger partial charge in [-0.2, -0.15) is 0 Å². The summed E-state index contributed by atoms with van der Waals surface area (Å²) in [5, 5.41) is 1.10. The number of fused-ring (bicyclic) bond motifs is 2. The molecular weight excluding hydrogens is 260 g/mol. The van der Waals surface area contributed by atoms with Gasteiger partial charge in [-0.3, -0.25) is 0 Å². The molecular formula is C19H13O2+. The Balaban J connectivity index is 1.91. The summed E-state index contributed by atoms with van der Waals surface area (Å²) in [5.74, 6) is 0.885. The van der Waals surface area contributed by atoms with Gasteiger partial charge in [0.2, 0.25) is 0 Å². The van der Waals surface area contributed by atoms with Crippen molar-refractivity contribution in [1.82, 2.24) is 0 Å². The standard InChI is InChI=1S/C19H13O2/c1-3-7-18-16(5-1)14(9-11-20-18)13-15-10-12-21-19-8-4-2-6-17(15)19/h1-13H/q+1. The van der Waals surface area contributed by atoms with E-state index < -0.39 is 0 Å². The van der Waals surface area contributed by atoms with Gasteiger partial charge in [0.15, 0.2) is 0 Å². The van der Waals surface area contributed by atoms with Crippen molar-refractivity contribution in [2.45, 2.75) is 0 Å². The van der Waals surface area contributed by atoms with Crippen molar-refractivity contribution in [3.63, 3.8) is 0 Å². The van der Waals surface area contributed by atoms with E-state index in [1.54, 1.807) is 12.5 Å². The van der Waals surface area contributed by atoms with Crippen molar-refractivity contribution in [1.29, 1.82) is 0 Å². The summed E-state index contributed by atoms with van der Waals surface area (Å²) in [7, 11) is 0. The fourth-order valence-electron chi connectivity index (χ4n) is 2.58. The predicted molar refractivity (Wildman–Crippen MR) is 84.7 cm³/mol. The fraction of sp³-hybridized carbons (Fsp3) is 0. The zero-order valence-electron chi connectivity index (χ0n) is 11.3. The first-order valence-corrected chi connectivity index (χ1v) is 6.86. The van der Waals surface area contributed by atoms with Gasteiger partial charge in [0, 0.05) is 23.3 Å². The summed E-state index contributed by atoms with van der Waals surface area (Å²) in [5.41, 5.74) is 4.25. The molecule has 1 aromatic heterocycles. The molecule has 0 amide bonds. The average Bonchev–Trinajstić information content (AvgIpc) is 2.56. The molecule has 2 nitrogen and oxygen atoms in total. The highest BCUT2D eigenvalue weighted by Gasteiger charge is 2.13. The van der Waals surface area contributed by atoms with E-state index in [0.717, 1.165) is 33.4 Å². The van der Waals surface area contributed by atoms with Gasteiger partial charge in [-0.15, -0.1) is 0 Å². The normalized spacial score (nSPS) is 15.0. The molecule has 0 aliphatic carbocycles. The lowest BCUT2D eigenvalue weighted by atomic mass is 9.99. The van der Waals surface area contributed by atoms with Crippen LogP contribution in [0.15, 0.2) is 77.6 Å². The summed E-state index contributed by atoms with van der Waals surface area (Å²) < 4.78 is 11.1. The Kier molecular flexibility index (Phi) is 2.79. The third-order valence-electron chi connectivity index (χ3n) is 3.59. The zero-order valence-corrected chi connectivity index (χ0v) is 11.3. The van der Waals surface area contributed by atoms with Crippen LogP contribution in [0.5, 0.6) is 5.75 Å². The molecule has 3 aromatic rings. The Bertz CT molecular complexity index is 870. The quantitative estimate of drug-likeness (QED) is 0.571. The summed E-state index contributed by atoms with van der Waals surface area (Å²) in [6.07, 6.45) is 7.60. The Morgan fingerprint density at radius 2 is 1.76 bits per heavy atom. The first-order chi connectivity index (χ1) is 10.4. The lowest BCUT2D eigenvalue weighted by Crippen LogP contribution is -1.95. The Morgan fingerprint density at radius 1 is 0.905 bits per heavy atom. The van der Waals surface area contributed by atoms with Crippen LogP contribution < -0.4 is 4.74 Å². The maximum atomic E-state index is 5.54. The SMILES string of the molecule is C1=CC(=Cc2cc[o+]c3ccccc23)c2ccccc2O1. The van der Waals surface area contributed by atoms with Crippen LogP contribution in [0, 0.1) is 0 Å². The lowest BCUT2D eigenvalue weighted by Gasteiger charge is -2.14. The minimum atomic E-state index is 0.885. The van der Waals surface area contributed by atoms with E-state index in [1.165, 1.54) is 0 Å². The smallest absolute Gasteiger partial charge is 0.360 e. The highest BCUT2D eigenvalue weighted by molar-refractivity contribution is 5.96. The number of hydrogen-bond donors (Lipinski definition) is 0. The molecule has 100 valence electrons. The molecule has 0 atom stereocenters. The minimum Gasteiger partial charge on any atom is -0.464 e. The Morgan fingerprint density at radius 3 is 2.76 bits per heavy atom. The molecule has 0 radical (unpaired) electrons. The maximum absolute atomic E-state index is 5.54. The zero-order chi connectivity index (χ0) is 14.1. The third kappa shape index (κ3) is 2.11. The van der Waals surface area contributed by atoms with Crippen molar-refractivity contribution >= 4 is 22.6 Å². The molecule has 1 aliphatic heterocycles. The Hall–Kier alpha value is -2.87. The van der Waals surface area contributed by atoms with E-state index in [2.05, 4.69) is 18.2 Å². The van der Waals surface area contributed by atoms with Gasteiger partial charge in [0.05, 0.1) is 11.6 Å². The van der Waals surface area contributed by atoms with Gasteiger partial charge in [0.25, 0.3) is 0 Å². The number of allylic oxidation sites excluding steroid dienone is 2. The molecule has 4 rings (SSSR count). The molecule has 0 N–H and O–H groups in total. The first-order valence-electron chi connectivity index (χ1n) is 6.86. The van der Waals surface area contributed by atoms with Gasteiger partial charge in [-0.25, -0.2) is 4.42 Å². The second-order valence-electron chi connectivity index (χ2n) is 4.89. The van der Waals surface area contributed by atoms with Crippen LogP contribution in [0.3, 0.4) is 0 Å². The van der Waals surface area contributed by atoms with Crippen molar-refractivity contribution in [2.24, 2.45) is 0 Å². The van der Waals surface area contributed by atoms with Crippen LogP contribution in [-0.2, 0) is 0 Å². The number of rotatable bonds is 1. The van der Waals surface area contributed by atoms with E-state index in [0.29, 0.717) is 0 Å². The third-order valence-corrected chi connectivity index (χ3v) is 3.59. The van der Waals surface area contributed by atoms with E-state index >= 15 is 0 Å². The summed E-state index contributed by atoms with van der Waals surface area (Å²) in [6, 6.07) is 18.1. The van der Waals surface area contributed by atoms with Crippen LogP contribution in [0.2, 0.25) is 0 Å². The van der Waals surface area contributed by atoms with E-state index in [4.69, 9.17) is 9.15 Å². The van der Waals surface area contributed by atoms with Crippen LogP contribution in [0.1, 0.15) is 11.1 Å². The molecule has 2 aromatic carbocycles. The number of para-hydroxylation sites is 2. The van der Waals surface area contributed by atoms with Gasteiger partial charge in [-0.05, 0) is 29.9 Å². The molecule has 21 heavy (non-hydrogen) atoms. The number of ether oxygens (including phenoxy) is 1. The summed E-state index contributed by atoms with van der Waals surface area (Å²) in [6.45, 7) is 0. The van der Waals surface area contributed by atoms with E-state index in [1.807, 2.05) is 48.5 Å². The van der Waals surface area contributed by atoms with Gasteiger partial charge < -0.3 is 4.74 Å². The summed E-state index contributed by atoms with van der Waals surface area (Å²) in [4.78, 5) is 0. The molecule has 2 heteroatoms. The molecule has 2 heterocycles. The highest BCUT2D eigenvalue weighted by atomic mass is 16.5. The molecule has 0 bridgehead atoms. The van der Waals surface area contributed by atoms with E-state index in [-0.39, 0.29) is 0 Å². The van der Waals surface area contributed by atoms with Crippen molar-refractivity contribution < 1.29 is 9.15 Å². The molecule has 0 unspecified atom stereocenters. The van der Waals surface area contributed by atoms with E-state index in [9.17, 15) is 0 Å². The van der Waals surface area contributed by atoms with Crippen LogP contribution in [-0.4, -0.2) is 0 Å². The second-order valence-corrected chi connectivity index (χ2v) is 4.89. The molecule has 0 saturated carbocycles. The topological polar surface area (TPSA) is 20.5 Å². The lowest BCUT2D eigenvalue weighted by molar-refractivity contribution is 0.476. The number of hydrogen-bond acceptors (Lipinski definition) is 1. The second kappa shape index (κ2) is 4.91. The average molecular weight is 273 g/mol. The van der Waals surface area contributed by atoms with Crippen LogP contribution in [0.25, 0.3) is 22.6 Å². The van der Waals surface area contributed by atoms with Crippen LogP contribution >= 0.6 is 0 Å². The first kappa shape index (κ1) is 11.9. The van der Waals surface area contributed by atoms with Gasteiger partial charge in [0.1, 0.15) is 5.75 Å². The highest BCUT2D eigenvalue weighted by Crippen LogP contribution is 2.33. The van der Waals surface area contributed by atoms with Gasteiger partial charge in [-0.1, -0.05) is 30.3 Å². The minimum absolute atomic E-state index is 0.885. The monoisotopic (exact) mass is 273 g/mol. The van der Waals surface area contributed by atoms with Crippen molar-refractivity contribution in [3.05, 3.63) is 84.3 Å². The van der Waals surface area contributed by atoms with Crippen molar-refractivity contribution in [2.75, 3.05) is 0 Å². The fourth-order valence-corrected chi connectivity index (χ4v) is 2.58. The largest absolute Gasteiger partial charge is 0.464 e. The predicted octanol–water partition coefficient (Wildman–Crippen LogP) is 5.16. The molecule has 0 saturated heterocycles. The van der Waals surface area contributed by atoms with Crippen molar-refractivity contribution in [3.8, 4) is 5.75 Å².